The molecule has 0 fully saturated rings. The lowest BCUT2D eigenvalue weighted by Crippen LogP contribution is -2.45. The van der Waals surface area contributed by atoms with Crippen LogP contribution in [0.1, 0.15) is 40.3 Å². The summed E-state index contributed by atoms with van der Waals surface area (Å²) in [6.45, 7) is 10.2. The molecule has 35 heavy (non-hydrogen) atoms. The number of rotatable bonds is 6. The number of pyridine rings is 1. The fourth-order valence-electron chi connectivity index (χ4n) is 4.40. The van der Waals surface area contributed by atoms with Crippen LogP contribution in [0.3, 0.4) is 0 Å². The van der Waals surface area contributed by atoms with Crippen molar-refractivity contribution >= 4 is 16.9 Å². The fraction of sp³-hybridized carbons (Fsp3) is 0.321. The van der Waals surface area contributed by atoms with Crippen molar-refractivity contribution < 1.29 is 14.3 Å². The van der Waals surface area contributed by atoms with E-state index in [4.69, 9.17) is 4.42 Å². The van der Waals surface area contributed by atoms with Crippen molar-refractivity contribution in [1.29, 1.82) is 0 Å². The van der Waals surface area contributed by atoms with E-state index in [1.54, 1.807) is 10.8 Å². The summed E-state index contributed by atoms with van der Waals surface area (Å²) in [6.07, 6.45) is 1.98. The lowest BCUT2D eigenvalue weighted by atomic mass is 9.93. The van der Waals surface area contributed by atoms with E-state index in [0.29, 0.717) is 23.4 Å². The molecular weight excluding hydrogens is 442 g/mol. The van der Waals surface area contributed by atoms with Crippen molar-refractivity contribution in [1.82, 2.24) is 14.5 Å². The number of carboxylic acid groups (broad SMARTS) is 1. The van der Waals surface area contributed by atoms with Gasteiger partial charge in [-0.2, -0.15) is 0 Å². The summed E-state index contributed by atoms with van der Waals surface area (Å²) in [5, 5.41) is 11.4. The SMILES string of the molecule is CC(C)Cn1c(CN(C(=O)O)C(C)(C)C)c(-c2ccccc2)c2cc(-c3cnco3)ccc2c1=O. The monoisotopic (exact) mass is 473 g/mol. The molecule has 0 spiro atoms. The van der Waals surface area contributed by atoms with Crippen molar-refractivity contribution in [3.05, 3.63) is 77.2 Å². The van der Waals surface area contributed by atoms with Gasteiger partial charge in [-0.3, -0.25) is 9.69 Å². The minimum atomic E-state index is -1.03. The summed E-state index contributed by atoms with van der Waals surface area (Å²) in [7, 11) is 0. The molecule has 0 saturated heterocycles. The number of carbonyl (C=O) groups is 1. The summed E-state index contributed by atoms with van der Waals surface area (Å²) in [5.41, 5.74) is 2.44. The fourth-order valence-corrected chi connectivity index (χ4v) is 4.40. The number of hydrogen-bond donors (Lipinski definition) is 1. The van der Waals surface area contributed by atoms with Gasteiger partial charge < -0.3 is 14.1 Å². The molecule has 4 rings (SSSR count). The summed E-state index contributed by atoms with van der Waals surface area (Å²) in [5.74, 6) is 0.787. The third kappa shape index (κ3) is 4.85. The largest absolute Gasteiger partial charge is 0.465 e. The van der Waals surface area contributed by atoms with E-state index in [9.17, 15) is 14.7 Å². The highest BCUT2D eigenvalue weighted by atomic mass is 16.4. The van der Waals surface area contributed by atoms with Crippen molar-refractivity contribution in [3.8, 4) is 22.5 Å². The molecule has 7 heteroatoms. The van der Waals surface area contributed by atoms with Crippen LogP contribution in [0.2, 0.25) is 0 Å². The van der Waals surface area contributed by atoms with Crippen LogP contribution in [0.15, 0.2) is 70.3 Å². The highest BCUT2D eigenvalue weighted by Crippen LogP contribution is 2.35. The van der Waals surface area contributed by atoms with Crippen LogP contribution in [-0.4, -0.2) is 31.2 Å². The van der Waals surface area contributed by atoms with E-state index in [2.05, 4.69) is 4.98 Å². The normalized spacial score (nSPS) is 11.8. The van der Waals surface area contributed by atoms with Crippen molar-refractivity contribution in [2.24, 2.45) is 5.92 Å². The summed E-state index contributed by atoms with van der Waals surface area (Å²) < 4.78 is 7.27. The summed E-state index contributed by atoms with van der Waals surface area (Å²) in [4.78, 5) is 31.5. The first kappa shape index (κ1) is 24.3. The Bertz CT molecular complexity index is 1400. The predicted molar refractivity (Wildman–Crippen MR) is 137 cm³/mol. The third-order valence-electron chi connectivity index (χ3n) is 6.05. The zero-order chi connectivity index (χ0) is 25.3. The number of benzene rings is 2. The van der Waals surface area contributed by atoms with Gasteiger partial charge in [0, 0.05) is 34.3 Å². The maximum atomic E-state index is 13.8. The highest BCUT2D eigenvalue weighted by Gasteiger charge is 2.30. The molecule has 0 aliphatic carbocycles. The molecule has 1 amide bonds. The molecule has 0 radical (unpaired) electrons. The second kappa shape index (κ2) is 9.41. The Kier molecular flexibility index (Phi) is 6.52. The molecule has 0 aliphatic rings. The van der Waals surface area contributed by atoms with Gasteiger partial charge in [0.15, 0.2) is 12.2 Å². The first-order valence-corrected chi connectivity index (χ1v) is 11.7. The minimum Gasteiger partial charge on any atom is -0.465 e. The van der Waals surface area contributed by atoms with E-state index in [1.165, 1.54) is 11.3 Å². The Balaban J connectivity index is 2.12. The Morgan fingerprint density at radius 3 is 2.37 bits per heavy atom. The van der Waals surface area contributed by atoms with Crippen LogP contribution in [0.5, 0.6) is 0 Å². The maximum absolute atomic E-state index is 13.8. The molecule has 182 valence electrons. The highest BCUT2D eigenvalue weighted by molar-refractivity contribution is 5.99. The molecule has 2 aromatic carbocycles. The number of fused-ring (bicyclic) bond motifs is 1. The van der Waals surface area contributed by atoms with Crippen molar-refractivity contribution in [3.63, 3.8) is 0 Å². The smallest absolute Gasteiger partial charge is 0.408 e. The van der Waals surface area contributed by atoms with Crippen molar-refractivity contribution in [2.75, 3.05) is 0 Å². The molecule has 0 bridgehead atoms. The molecular formula is C28H31N3O4. The van der Waals surface area contributed by atoms with E-state index >= 15 is 0 Å². The summed E-state index contributed by atoms with van der Waals surface area (Å²) >= 11 is 0. The van der Waals surface area contributed by atoms with Crippen LogP contribution < -0.4 is 5.56 Å². The quantitative estimate of drug-likeness (QED) is 0.357. The van der Waals surface area contributed by atoms with Gasteiger partial charge in [0.1, 0.15) is 0 Å². The number of amides is 1. The molecule has 0 aliphatic heterocycles. The zero-order valence-corrected chi connectivity index (χ0v) is 20.8. The maximum Gasteiger partial charge on any atom is 0.408 e. The molecule has 2 heterocycles. The Morgan fingerprint density at radius 1 is 1.09 bits per heavy atom. The van der Waals surface area contributed by atoms with E-state index in [0.717, 1.165) is 22.1 Å². The second-order valence-electron chi connectivity index (χ2n) is 10.2. The summed E-state index contributed by atoms with van der Waals surface area (Å²) in [6, 6.07) is 15.4. The van der Waals surface area contributed by atoms with E-state index in [-0.39, 0.29) is 18.0 Å². The topological polar surface area (TPSA) is 88.6 Å². The van der Waals surface area contributed by atoms with Gasteiger partial charge in [-0.25, -0.2) is 9.78 Å². The zero-order valence-electron chi connectivity index (χ0n) is 20.8. The van der Waals surface area contributed by atoms with Crippen molar-refractivity contribution in [2.45, 2.75) is 53.2 Å². The Morgan fingerprint density at radius 2 is 1.80 bits per heavy atom. The van der Waals surface area contributed by atoms with Crippen LogP contribution in [0.25, 0.3) is 33.2 Å². The molecule has 1 N–H and O–H groups in total. The van der Waals surface area contributed by atoms with Gasteiger partial charge in [0.05, 0.1) is 12.7 Å². The van der Waals surface area contributed by atoms with Gasteiger partial charge in [-0.15, -0.1) is 0 Å². The molecule has 2 aromatic heterocycles. The van der Waals surface area contributed by atoms with Gasteiger partial charge in [-0.05, 0) is 49.8 Å². The number of aromatic nitrogens is 2. The second-order valence-corrected chi connectivity index (χ2v) is 10.2. The van der Waals surface area contributed by atoms with Gasteiger partial charge in [0.2, 0.25) is 0 Å². The van der Waals surface area contributed by atoms with Gasteiger partial charge >= 0.3 is 6.09 Å². The molecule has 0 atom stereocenters. The molecule has 7 nitrogen and oxygen atoms in total. The third-order valence-corrected chi connectivity index (χ3v) is 6.05. The Labute approximate surface area is 204 Å². The van der Waals surface area contributed by atoms with Crippen LogP contribution in [0.4, 0.5) is 4.79 Å². The standard InChI is InChI=1S/C28H31N3O4/c1-18(2)15-30-23(16-31(27(33)34)28(3,4)5)25(19-9-7-6-8-10-19)22-13-20(24-14-29-17-35-24)11-12-21(22)26(30)32/h6-14,17-18H,15-16H2,1-5H3,(H,33,34). The first-order chi connectivity index (χ1) is 16.6. The molecule has 4 aromatic rings. The number of oxazole rings is 1. The average molecular weight is 474 g/mol. The van der Waals surface area contributed by atoms with E-state index < -0.39 is 11.6 Å². The Hall–Kier alpha value is -3.87. The number of hydrogen-bond acceptors (Lipinski definition) is 4. The average Bonchev–Trinajstić information content (AvgIpc) is 3.33. The van der Waals surface area contributed by atoms with Crippen LogP contribution in [-0.2, 0) is 13.1 Å². The van der Waals surface area contributed by atoms with Gasteiger partial charge in [0.25, 0.3) is 5.56 Å². The predicted octanol–water partition coefficient (Wildman–Crippen LogP) is 6.26. The lowest BCUT2D eigenvalue weighted by molar-refractivity contribution is 0.0937. The van der Waals surface area contributed by atoms with Crippen LogP contribution in [0, 0.1) is 5.92 Å². The lowest BCUT2D eigenvalue weighted by Gasteiger charge is -2.35. The first-order valence-electron chi connectivity index (χ1n) is 11.7. The minimum absolute atomic E-state index is 0.0769. The van der Waals surface area contributed by atoms with Gasteiger partial charge in [-0.1, -0.05) is 50.2 Å². The van der Waals surface area contributed by atoms with E-state index in [1.807, 2.05) is 83.1 Å². The number of nitrogens with zero attached hydrogens (tertiary/aromatic N) is 3. The molecule has 0 saturated carbocycles. The molecule has 0 unspecified atom stereocenters. The van der Waals surface area contributed by atoms with Crippen LogP contribution >= 0.6 is 0 Å².